The van der Waals surface area contributed by atoms with Gasteiger partial charge in [0, 0.05) is 18.4 Å². The molecule has 0 aliphatic heterocycles. The highest BCUT2D eigenvalue weighted by Gasteiger charge is 2.07. The Kier molecular flexibility index (Phi) is 2.81. The van der Waals surface area contributed by atoms with Gasteiger partial charge in [0.05, 0.1) is 0 Å². The van der Waals surface area contributed by atoms with Crippen LogP contribution in [-0.4, -0.2) is 14.7 Å². The number of phenolic OH excluding ortho intramolecular Hbond substituents is 1. The molecule has 0 bridgehead atoms. The van der Waals surface area contributed by atoms with E-state index < -0.39 is 0 Å². The quantitative estimate of drug-likeness (QED) is 0.861. The maximum absolute atomic E-state index is 9.15. The smallest absolute Gasteiger partial charge is 0.302 e. The van der Waals surface area contributed by atoms with E-state index in [4.69, 9.17) is 9.84 Å². The molecule has 0 saturated carbocycles. The molecule has 4 heteroatoms. The molecular formula is C12H14N2O2. The molecule has 16 heavy (non-hydrogen) atoms. The number of phenols is 1. The first-order chi connectivity index (χ1) is 7.66. The third kappa shape index (κ3) is 2.16. The number of ether oxygens (including phenoxy) is 1. The minimum absolute atomic E-state index is 0.222. The minimum Gasteiger partial charge on any atom is -0.508 e. The molecule has 0 radical (unpaired) electrons. The Hall–Kier alpha value is -1.97. The van der Waals surface area contributed by atoms with Crippen LogP contribution >= 0.6 is 0 Å². The lowest BCUT2D eigenvalue weighted by molar-refractivity contribution is 0.394. The first kappa shape index (κ1) is 10.5. The van der Waals surface area contributed by atoms with Crippen LogP contribution in [0.25, 0.3) is 0 Å². The Morgan fingerprint density at radius 2 is 1.94 bits per heavy atom. The molecule has 4 nitrogen and oxygen atoms in total. The zero-order chi connectivity index (χ0) is 11.5. The summed E-state index contributed by atoms with van der Waals surface area (Å²) >= 11 is 0. The fourth-order valence-corrected chi connectivity index (χ4v) is 1.39. The van der Waals surface area contributed by atoms with E-state index in [1.807, 2.05) is 10.8 Å². The highest BCUT2D eigenvalue weighted by Crippen LogP contribution is 2.23. The third-order valence-corrected chi connectivity index (χ3v) is 2.24. The van der Waals surface area contributed by atoms with Crippen molar-refractivity contribution in [2.45, 2.75) is 19.9 Å². The average molecular weight is 218 g/mol. The highest BCUT2D eigenvalue weighted by molar-refractivity contribution is 5.31. The lowest BCUT2D eigenvalue weighted by atomic mass is 10.3. The molecule has 0 aliphatic carbocycles. The van der Waals surface area contributed by atoms with E-state index in [1.54, 1.807) is 30.5 Å². The lowest BCUT2D eigenvalue weighted by Crippen LogP contribution is -2.01. The van der Waals surface area contributed by atoms with Crippen LogP contribution in [0.4, 0.5) is 0 Å². The summed E-state index contributed by atoms with van der Waals surface area (Å²) in [5.74, 6) is 0.880. The van der Waals surface area contributed by atoms with Gasteiger partial charge in [0.25, 0.3) is 0 Å². The van der Waals surface area contributed by atoms with Crippen molar-refractivity contribution >= 4 is 0 Å². The molecule has 0 saturated heterocycles. The average Bonchev–Trinajstić information content (AvgIpc) is 2.69. The van der Waals surface area contributed by atoms with Crippen molar-refractivity contribution in [3.8, 4) is 17.5 Å². The Morgan fingerprint density at radius 1 is 1.25 bits per heavy atom. The topological polar surface area (TPSA) is 47.3 Å². The predicted octanol–water partition coefficient (Wildman–Crippen LogP) is 2.96. The SMILES string of the molecule is CC(C)n1ccnc1Oc1ccc(O)cc1. The van der Waals surface area contributed by atoms with Crippen molar-refractivity contribution in [3.05, 3.63) is 36.7 Å². The zero-order valence-corrected chi connectivity index (χ0v) is 9.29. The van der Waals surface area contributed by atoms with Crippen LogP contribution < -0.4 is 4.74 Å². The minimum atomic E-state index is 0.222. The number of imidazole rings is 1. The van der Waals surface area contributed by atoms with Gasteiger partial charge in [-0.05, 0) is 38.1 Å². The van der Waals surface area contributed by atoms with Crippen molar-refractivity contribution < 1.29 is 9.84 Å². The van der Waals surface area contributed by atoms with E-state index in [-0.39, 0.29) is 5.75 Å². The normalized spacial score (nSPS) is 10.7. The van der Waals surface area contributed by atoms with Crippen molar-refractivity contribution in [1.29, 1.82) is 0 Å². The van der Waals surface area contributed by atoms with Gasteiger partial charge >= 0.3 is 6.01 Å². The molecule has 2 rings (SSSR count). The number of aromatic hydroxyl groups is 1. The molecule has 1 aromatic heterocycles. The molecular weight excluding hydrogens is 204 g/mol. The summed E-state index contributed by atoms with van der Waals surface area (Å²) < 4.78 is 7.54. The first-order valence-electron chi connectivity index (χ1n) is 5.16. The van der Waals surface area contributed by atoms with Crippen LogP contribution in [0.5, 0.6) is 17.5 Å². The number of hydrogen-bond acceptors (Lipinski definition) is 3. The fourth-order valence-electron chi connectivity index (χ4n) is 1.39. The molecule has 0 amide bonds. The molecule has 84 valence electrons. The van der Waals surface area contributed by atoms with Crippen LogP contribution in [-0.2, 0) is 0 Å². The number of rotatable bonds is 3. The summed E-state index contributed by atoms with van der Waals surface area (Å²) in [5.41, 5.74) is 0. The van der Waals surface area contributed by atoms with Crippen molar-refractivity contribution in [1.82, 2.24) is 9.55 Å². The van der Waals surface area contributed by atoms with Gasteiger partial charge in [-0.3, -0.25) is 4.57 Å². The number of nitrogens with zero attached hydrogens (tertiary/aromatic N) is 2. The molecule has 0 aliphatic rings. The number of hydrogen-bond donors (Lipinski definition) is 1. The van der Waals surface area contributed by atoms with Crippen molar-refractivity contribution in [2.75, 3.05) is 0 Å². The van der Waals surface area contributed by atoms with Crippen LogP contribution in [0.1, 0.15) is 19.9 Å². The Morgan fingerprint density at radius 3 is 2.56 bits per heavy atom. The molecule has 0 unspecified atom stereocenters. The maximum Gasteiger partial charge on any atom is 0.302 e. The summed E-state index contributed by atoms with van der Waals surface area (Å²) in [4.78, 5) is 4.13. The zero-order valence-electron chi connectivity index (χ0n) is 9.29. The van der Waals surface area contributed by atoms with E-state index >= 15 is 0 Å². The summed E-state index contributed by atoms with van der Waals surface area (Å²) in [7, 11) is 0. The van der Waals surface area contributed by atoms with E-state index in [1.165, 1.54) is 0 Å². The summed E-state index contributed by atoms with van der Waals surface area (Å²) in [6, 6.07) is 7.43. The second kappa shape index (κ2) is 4.26. The highest BCUT2D eigenvalue weighted by atomic mass is 16.5. The van der Waals surface area contributed by atoms with Crippen LogP contribution in [0.2, 0.25) is 0 Å². The van der Waals surface area contributed by atoms with Gasteiger partial charge in [-0.1, -0.05) is 0 Å². The Balaban J connectivity index is 2.20. The van der Waals surface area contributed by atoms with Gasteiger partial charge in [-0.15, -0.1) is 0 Å². The second-order valence-corrected chi connectivity index (χ2v) is 3.81. The standard InChI is InChI=1S/C12H14N2O2/c1-9(2)14-8-7-13-12(14)16-11-5-3-10(15)4-6-11/h3-9,15H,1-2H3. The second-order valence-electron chi connectivity index (χ2n) is 3.81. The molecule has 0 fully saturated rings. The Labute approximate surface area is 94.1 Å². The molecule has 2 aromatic rings. The van der Waals surface area contributed by atoms with Gasteiger partial charge in [0.2, 0.25) is 0 Å². The van der Waals surface area contributed by atoms with E-state index in [9.17, 15) is 0 Å². The van der Waals surface area contributed by atoms with Crippen molar-refractivity contribution in [2.24, 2.45) is 0 Å². The van der Waals surface area contributed by atoms with Crippen molar-refractivity contribution in [3.63, 3.8) is 0 Å². The summed E-state index contributed by atoms with van der Waals surface area (Å²) in [6.07, 6.45) is 3.58. The van der Waals surface area contributed by atoms with Gasteiger partial charge in [-0.2, -0.15) is 0 Å². The van der Waals surface area contributed by atoms with Crippen LogP contribution in [0.3, 0.4) is 0 Å². The largest absolute Gasteiger partial charge is 0.508 e. The first-order valence-corrected chi connectivity index (χ1v) is 5.16. The monoisotopic (exact) mass is 218 g/mol. The van der Waals surface area contributed by atoms with Gasteiger partial charge in [-0.25, -0.2) is 4.98 Å². The van der Waals surface area contributed by atoms with Crippen LogP contribution in [0.15, 0.2) is 36.7 Å². The molecule has 0 atom stereocenters. The van der Waals surface area contributed by atoms with E-state index in [0.29, 0.717) is 17.8 Å². The summed E-state index contributed by atoms with van der Waals surface area (Å²) in [5, 5.41) is 9.15. The number of benzene rings is 1. The van der Waals surface area contributed by atoms with E-state index in [2.05, 4.69) is 18.8 Å². The third-order valence-electron chi connectivity index (χ3n) is 2.24. The molecule has 1 N–H and O–H groups in total. The number of aromatic nitrogens is 2. The van der Waals surface area contributed by atoms with Gasteiger partial charge in [0.1, 0.15) is 11.5 Å². The fraction of sp³-hybridized carbons (Fsp3) is 0.250. The van der Waals surface area contributed by atoms with Gasteiger partial charge in [0.15, 0.2) is 0 Å². The Bertz CT molecular complexity index is 460. The molecule has 1 aromatic carbocycles. The lowest BCUT2D eigenvalue weighted by Gasteiger charge is -2.11. The predicted molar refractivity (Wildman–Crippen MR) is 60.8 cm³/mol. The van der Waals surface area contributed by atoms with E-state index in [0.717, 1.165) is 0 Å². The molecule has 0 spiro atoms. The van der Waals surface area contributed by atoms with Gasteiger partial charge < -0.3 is 9.84 Å². The summed E-state index contributed by atoms with van der Waals surface area (Å²) in [6.45, 7) is 4.12. The molecule has 1 heterocycles. The maximum atomic E-state index is 9.15. The van der Waals surface area contributed by atoms with Crippen LogP contribution in [0, 0.1) is 0 Å².